The molecule has 0 bridgehead atoms. The average Bonchev–Trinajstić information content (AvgIpc) is 2.86. The Morgan fingerprint density at radius 3 is 2.43 bits per heavy atom. The molecule has 0 radical (unpaired) electrons. The number of nitrogens with one attached hydrogen (secondary N) is 1. The fourth-order valence-corrected chi connectivity index (χ4v) is 2.74. The maximum atomic E-state index is 5.62. The zero-order chi connectivity index (χ0) is 15.7. The summed E-state index contributed by atoms with van der Waals surface area (Å²) in [4.78, 5) is 0. The summed E-state index contributed by atoms with van der Waals surface area (Å²) in [5.41, 5.74) is 4.01. The maximum Gasteiger partial charge on any atom is 0.0672 e. The lowest BCUT2D eigenvalue weighted by Gasteiger charge is -2.16. The van der Waals surface area contributed by atoms with Gasteiger partial charge in [-0.3, -0.25) is 4.68 Å². The molecule has 1 aromatic rings. The SMILES string of the molecule is CCCNC(C)c1c(CC)nn(CCOCCC)c1CC. The highest BCUT2D eigenvalue weighted by atomic mass is 16.5. The molecular weight excluding hydrogens is 262 g/mol. The van der Waals surface area contributed by atoms with E-state index in [9.17, 15) is 0 Å². The van der Waals surface area contributed by atoms with Crippen molar-refractivity contribution >= 4 is 0 Å². The van der Waals surface area contributed by atoms with Gasteiger partial charge in [0.2, 0.25) is 0 Å². The average molecular weight is 295 g/mol. The van der Waals surface area contributed by atoms with E-state index >= 15 is 0 Å². The molecule has 4 nitrogen and oxygen atoms in total. The Bertz CT molecular complexity index is 401. The molecular formula is C17H33N3O. The summed E-state index contributed by atoms with van der Waals surface area (Å²) in [6, 6.07) is 0.375. The summed E-state index contributed by atoms with van der Waals surface area (Å²) >= 11 is 0. The van der Waals surface area contributed by atoms with Crippen LogP contribution in [-0.2, 0) is 24.1 Å². The van der Waals surface area contributed by atoms with Gasteiger partial charge in [0.15, 0.2) is 0 Å². The summed E-state index contributed by atoms with van der Waals surface area (Å²) in [5, 5.41) is 8.43. The number of rotatable bonds is 11. The molecule has 1 rings (SSSR count). The highest BCUT2D eigenvalue weighted by molar-refractivity contribution is 5.30. The molecule has 0 aliphatic heterocycles. The lowest BCUT2D eigenvalue weighted by Crippen LogP contribution is -2.21. The van der Waals surface area contributed by atoms with Crippen LogP contribution in [0.1, 0.15) is 70.5 Å². The Balaban J connectivity index is 2.87. The number of hydrogen-bond acceptors (Lipinski definition) is 3. The summed E-state index contributed by atoms with van der Waals surface area (Å²) < 4.78 is 7.78. The van der Waals surface area contributed by atoms with E-state index in [0.29, 0.717) is 6.04 Å². The van der Waals surface area contributed by atoms with Crippen molar-refractivity contribution in [3.8, 4) is 0 Å². The van der Waals surface area contributed by atoms with Crippen molar-refractivity contribution in [3.05, 3.63) is 17.0 Å². The van der Waals surface area contributed by atoms with Crippen molar-refractivity contribution in [2.45, 2.75) is 72.9 Å². The van der Waals surface area contributed by atoms with Crippen LogP contribution in [0.15, 0.2) is 0 Å². The fraction of sp³-hybridized carbons (Fsp3) is 0.824. The van der Waals surface area contributed by atoms with Crippen LogP contribution in [0.3, 0.4) is 0 Å². The lowest BCUT2D eigenvalue weighted by atomic mass is 10.0. The molecule has 0 spiro atoms. The Labute approximate surface area is 130 Å². The summed E-state index contributed by atoms with van der Waals surface area (Å²) in [6.45, 7) is 14.5. The second-order valence-corrected chi connectivity index (χ2v) is 5.53. The molecule has 122 valence electrons. The summed E-state index contributed by atoms with van der Waals surface area (Å²) in [6.07, 6.45) is 4.24. The third-order valence-electron chi connectivity index (χ3n) is 3.77. The molecule has 1 aromatic heterocycles. The predicted octanol–water partition coefficient (Wildman–Crippen LogP) is 3.50. The van der Waals surface area contributed by atoms with Gasteiger partial charge in [-0.05, 0) is 39.2 Å². The molecule has 1 unspecified atom stereocenters. The van der Waals surface area contributed by atoms with Gasteiger partial charge in [-0.2, -0.15) is 5.10 Å². The first kappa shape index (κ1) is 18.2. The van der Waals surface area contributed by atoms with Gasteiger partial charge in [-0.25, -0.2) is 0 Å². The van der Waals surface area contributed by atoms with Crippen LogP contribution in [0, 0.1) is 0 Å². The maximum absolute atomic E-state index is 5.62. The number of nitrogens with zero attached hydrogens (tertiary/aromatic N) is 2. The number of aromatic nitrogens is 2. The fourth-order valence-electron chi connectivity index (χ4n) is 2.74. The van der Waals surface area contributed by atoms with Crippen molar-refractivity contribution in [1.29, 1.82) is 0 Å². The molecule has 0 aliphatic carbocycles. The molecule has 1 heterocycles. The van der Waals surface area contributed by atoms with Gasteiger partial charge >= 0.3 is 0 Å². The van der Waals surface area contributed by atoms with E-state index in [1.54, 1.807) is 0 Å². The van der Waals surface area contributed by atoms with Gasteiger partial charge in [-0.15, -0.1) is 0 Å². The standard InChI is InChI=1S/C17H33N3O/c1-6-10-18-14(5)17-15(8-3)19-20(16(17)9-4)11-13-21-12-7-2/h14,18H,6-13H2,1-5H3. The number of aryl methyl sites for hydroxylation is 1. The molecule has 1 atom stereocenters. The van der Waals surface area contributed by atoms with Gasteiger partial charge < -0.3 is 10.1 Å². The van der Waals surface area contributed by atoms with E-state index < -0.39 is 0 Å². The first-order valence-corrected chi connectivity index (χ1v) is 8.58. The van der Waals surface area contributed by atoms with E-state index in [-0.39, 0.29) is 0 Å². The predicted molar refractivity (Wildman–Crippen MR) is 88.8 cm³/mol. The third-order valence-corrected chi connectivity index (χ3v) is 3.77. The Kier molecular flexibility index (Phi) is 8.62. The van der Waals surface area contributed by atoms with Crippen LogP contribution in [0.4, 0.5) is 0 Å². The van der Waals surface area contributed by atoms with Crippen LogP contribution >= 0.6 is 0 Å². The third kappa shape index (κ3) is 5.11. The van der Waals surface area contributed by atoms with Crippen LogP contribution in [0.25, 0.3) is 0 Å². The van der Waals surface area contributed by atoms with E-state index in [4.69, 9.17) is 9.84 Å². The normalized spacial score (nSPS) is 12.8. The minimum absolute atomic E-state index is 0.375. The Hall–Kier alpha value is -0.870. The van der Waals surface area contributed by atoms with Gasteiger partial charge in [0.25, 0.3) is 0 Å². The number of hydrogen-bond donors (Lipinski definition) is 1. The van der Waals surface area contributed by atoms with E-state index in [2.05, 4.69) is 44.6 Å². The van der Waals surface area contributed by atoms with E-state index in [1.807, 2.05) is 0 Å². The van der Waals surface area contributed by atoms with E-state index in [1.165, 1.54) is 17.0 Å². The lowest BCUT2D eigenvalue weighted by molar-refractivity contribution is 0.123. The molecule has 1 N–H and O–H groups in total. The molecule has 0 saturated carbocycles. The van der Waals surface area contributed by atoms with Gasteiger partial charge in [0, 0.05) is 23.9 Å². The van der Waals surface area contributed by atoms with Crippen LogP contribution in [0.5, 0.6) is 0 Å². The molecule has 0 aromatic carbocycles. The summed E-state index contributed by atoms with van der Waals surface area (Å²) in [7, 11) is 0. The van der Waals surface area contributed by atoms with Crippen LogP contribution in [-0.4, -0.2) is 29.5 Å². The van der Waals surface area contributed by atoms with Gasteiger partial charge in [0.05, 0.1) is 18.8 Å². The molecule has 0 fully saturated rings. The van der Waals surface area contributed by atoms with Crippen molar-refractivity contribution in [2.24, 2.45) is 0 Å². The zero-order valence-corrected chi connectivity index (χ0v) is 14.5. The van der Waals surface area contributed by atoms with E-state index in [0.717, 1.165) is 52.0 Å². The number of ether oxygens (including phenoxy) is 1. The van der Waals surface area contributed by atoms with Crippen molar-refractivity contribution in [2.75, 3.05) is 19.8 Å². The zero-order valence-electron chi connectivity index (χ0n) is 14.5. The largest absolute Gasteiger partial charge is 0.380 e. The molecule has 4 heteroatoms. The van der Waals surface area contributed by atoms with Crippen molar-refractivity contribution in [3.63, 3.8) is 0 Å². The van der Waals surface area contributed by atoms with Crippen LogP contribution in [0.2, 0.25) is 0 Å². The second-order valence-electron chi connectivity index (χ2n) is 5.53. The Morgan fingerprint density at radius 2 is 1.86 bits per heavy atom. The second kappa shape index (κ2) is 9.96. The monoisotopic (exact) mass is 295 g/mol. The highest BCUT2D eigenvalue weighted by Gasteiger charge is 2.19. The van der Waals surface area contributed by atoms with Crippen LogP contribution < -0.4 is 5.32 Å². The molecule has 0 saturated heterocycles. The highest BCUT2D eigenvalue weighted by Crippen LogP contribution is 2.23. The molecule has 21 heavy (non-hydrogen) atoms. The van der Waals surface area contributed by atoms with Crippen molar-refractivity contribution in [1.82, 2.24) is 15.1 Å². The minimum Gasteiger partial charge on any atom is -0.380 e. The van der Waals surface area contributed by atoms with Gasteiger partial charge in [-0.1, -0.05) is 27.7 Å². The summed E-state index contributed by atoms with van der Waals surface area (Å²) in [5.74, 6) is 0. The molecule has 0 amide bonds. The first-order valence-electron chi connectivity index (χ1n) is 8.58. The first-order chi connectivity index (χ1) is 10.2. The van der Waals surface area contributed by atoms with Gasteiger partial charge in [0.1, 0.15) is 0 Å². The Morgan fingerprint density at radius 1 is 1.10 bits per heavy atom. The quantitative estimate of drug-likeness (QED) is 0.635. The smallest absolute Gasteiger partial charge is 0.0672 e. The topological polar surface area (TPSA) is 39.1 Å². The van der Waals surface area contributed by atoms with Crippen molar-refractivity contribution < 1.29 is 4.74 Å². The molecule has 0 aliphatic rings. The minimum atomic E-state index is 0.375.